The Morgan fingerprint density at radius 3 is 2.54 bits per heavy atom. The van der Waals surface area contributed by atoms with Crippen molar-refractivity contribution >= 4 is 40.0 Å². The topological polar surface area (TPSA) is 95.3 Å². The summed E-state index contributed by atoms with van der Waals surface area (Å²) in [5.41, 5.74) is 2.80. The molecule has 0 spiro atoms. The van der Waals surface area contributed by atoms with E-state index in [1.54, 1.807) is 6.08 Å². The number of methoxy groups -OCH3 is 1. The number of carbonyl (C=O) groups excluding carboxylic acids is 2. The van der Waals surface area contributed by atoms with Crippen LogP contribution in [-0.4, -0.2) is 46.1 Å². The molecule has 10 heteroatoms. The van der Waals surface area contributed by atoms with Crippen LogP contribution in [0.3, 0.4) is 0 Å². The monoisotopic (exact) mass is 534 g/mol. The molecule has 4 aromatic rings. The summed E-state index contributed by atoms with van der Waals surface area (Å²) in [6, 6.07) is 17.1. The van der Waals surface area contributed by atoms with Crippen molar-refractivity contribution < 1.29 is 19.1 Å². The van der Waals surface area contributed by atoms with E-state index in [4.69, 9.17) is 9.47 Å². The molecule has 2 aromatic heterocycles. The lowest BCUT2D eigenvalue weighted by Gasteiger charge is -2.09. The van der Waals surface area contributed by atoms with Gasteiger partial charge in [0.2, 0.25) is 5.91 Å². The standard InChI is InChI=1S/C27H26N4O4S2/c1-4-15-31-24(19-11-13-20(14-12-19)35-5-2)29-30-27(31)37-17-22(32)28-25-23(26(33)34-3)21(16-36-25)18-9-7-6-8-10-18/h4,6-14,16H,1,5,15,17H2,2-3H3,(H,28,32). The molecule has 0 unspecified atom stereocenters. The number of nitrogens with zero attached hydrogens (tertiary/aromatic N) is 3. The molecule has 0 aliphatic rings. The molecule has 0 aliphatic heterocycles. The average Bonchev–Trinajstić information content (AvgIpc) is 3.52. The highest BCUT2D eigenvalue weighted by Crippen LogP contribution is 2.36. The van der Waals surface area contributed by atoms with E-state index in [0.29, 0.717) is 40.3 Å². The number of thioether (sulfide) groups is 1. The number of allylic oxidation sites excluding steroid dienone is 1. The van der Waals surface area contributed by atoms with Crippen molar-refractivity contribution in [2.75, 3.05) is 24.8 Å². The molecular formula is C27H26N4O4S2. The minimum Gasteiger partial charge on any atom is -0.494 e. The van der Waals surface area contributed by atoms with Gasteiger partial charge in [0.1, 0.15) is 16.3 Å². The van der Waals surface area contributed by atoms with Crippen molar-refractivity contribution in [2.24, 2.45) is 0 Å². The van der Waals surface area contributed by atoms with Crippen molar-refractivity contribution in [1.82, 2.24) is 14.8 Å². The first-order chi connectivity index (χ1) is 18.0. The Morgan fingerprint density at radius 2 is 1.86 bits per heavy atom. The first-order valence-electron chi connectivity index (χ1n) is 11.5. The molecule has 0 saturated heterocycles. The summed E-state index contributed by atoms with van der Waals surface area (Å²) >= 11 is 2.54. The number of ether oxygens (including phenoxy) is 2. The second kappa shape index (κ2) is 12.4. The summed E-state index contributed by atoms with van der Waals surface area (Å²) < 4.78 is 12.4. The Labute approximate surface area is 223 Å². The lowest BCUT2D eigenvalue weighted by atomic mass is 10.0. The zero-order chi connectivity index (χ0) is 26.2. The third-order valence-electron chi connectivity index (χ3n) is 5.30. The summed E-state index contributed by atoms with van der Waals surface area (Å²) in [5, 5.41) is 14.4. The van der Waals surface area contributed by atoms with Crippen LogP contribution in [0.4, 0.5) is 5.00 Å². The number of hydrogen-bond acceptors (Lipinski definition) is 8. The van der Waals surface area contributed by atoms with Crippen molar-refractivity contribution in [1.29, 1.82) is 0 Å². The molecule has 190 valence electrons. The van der Waals surface area contributed by atoms with Gasteiger partial charge in [-0.1, -0.05) is 48.2 Å². The van der Waals surface area contributed by atoms with E-state index in [1.807, 2.05) is 71.5 Å². The van der Waals surface area contributed by atoms with Crippen LogP contribution in [0.2, 0.25) is 0 Å². The Balaban J connectivity index is 1.49. The van der Waals surface area contributed by atoms with Gasteiger partial charge in [-0.2, -0.15) is 0 Å². The van der Waals surface area contributed by atoms with Crippen LogP contribution >= 0.6 is 23.1 Å². The zero-order valence-corrected chi connectivity index (χ0v) is 22.1. The Morgan fingerprint density at radius 1 is 1.11 bits per heavy atom. The number of hydrogen-bond donors (Lipinski definition) is 1. The number of rotatable bonds is 11. The minimum atomic E-state index is -0.506. The largest absolute Gasteiger partial charge is 0.494 e. The fourth-order valence-electron chi connectivity index (χ4n) is 3.65. The molecule has 0 fully saturated rings. The van der Waals surface area contributed by atoms with Crippen molar-refractivity contribution in [3.05, 3.63) is 78.2 Å². The van der Waals surface area contributed by atoms with Crippen molar-refractivity contribution in [3.8, 4) is 28.3 Å². The first-order valence-corrected chi connectivity index (χ1v) is 13.4. The van der Waals surface area contributed by atoms with Crippen LogP contribution in [0.1, 0.15) is 17.3 Å². The van der Waals surface area contributed by atoms with Gasteiger partial charge in [0, 0.05) is 23.1 Å². The second-order valence-electron chi connectivity index (χ2n) is 7.71. The number of aromatic nitrogens is 3. The van der Waals surface area contributed by atoms with E-state index >= 15 is 0 Å². The fourth-order valence-corrected chi connectivity index (χ4v) is 5.37. The number of carbonyl (C=O) groups is 2. The van der Waals surface area contributed by atoms with Crippen molar-refractivity contribution in [2.45, 2.75) is 18.6 Å². The van der Waals surface area contributed by atoms with Crippen LogP contribution in [0, 0.1) is 0 Å². The number of benzene rings is 2. The second-order valence-corrected chi connectivity index (χ2v) is 9.53. The molecule has 37 heavy (non-hydrogen) atoms. The molecule has 1 amide bonds. The van der Waals surface area contributed by atoms with Gasteiger partial charge in [0.25, 0.3) is 0 Å². The fraction of sp³-hybridized carbons (Fsp3) is 0.185. The van der Waals surface area contributed by atoms with E-state index in [0.717, 1.165) is 16.9 Å². The molecule has 0 bridgehead atoms. The van der Waals surface area contributed by atoms with Gasteiger partial charge in [-0.25, -0.2) is 4.79 Å². The third kappa shape index (κ3) is 6.10. The Bertz CT molecular complexity index is 1380. The van der Waals surface area contributed by atoms with Crippen LogP contribution in [-0.2, 0) is 16.1 Å². The van der Waals surface area contributed by atoms with Gasteiger partial charge < -0.3 is 14.8 Å². The molecule has 0 aliphatic carbocycles. The molecule has 8 nitrogen and oxygen atoms in total. The summed E-state index contributed by atoms with van der Waals surface area (Å²) in [6.07, 6.45) is 1.75. The van der Waals surface area contributed by atoms with Crippen molar-refractivity contribution in [3.63, 3.8) is 0 Å². The molecule has 2 aromatic carbocycles. The summed E-state index contributed by atoms with van der Waals surface area (Å²) in [6.45, 7) is 6.85. The normalized spacial score (nSPS) is 10.6. The summed E-state index contributed by atoms with van der Waals surface area (Å²) in [4.78, 5) is 25.4. The third-order valence-corrected chi connectivity index (χ3v) is 7.16. The SMILES string of the molecule is C=CCn1c(SCC(=O)Nc2scc(-c3ccccc3)c2C(=O)OC)nnc1-c1ccc(OCC)cc1. The maximum Gasteiger partial charge on any atom is 0.341 e. The van der Waals surface area contributed by atoms with Crippen LogP contribution in [0.5, 0.6) is 5.75 Å². The van der Waals surface area contributed by atoms with E-state index in [-0.39, 0.29) is 11.7 Å². The smallest absolute Gasteiger partial charge is 0.341 e. The molecule has 0 radical (unpaired) electrons. The van der Waals surface area contributed by atoms with Gasteiger partial charge in [0.05, 0.1) is 19.5 Å². The number of esters is 1. The number of anilines is 1. The van der Waals surface area contributed by atoms with E-state index in [2.05, 4.69) is 22.1 Å². The van der Waals surface area contributed by atoms with Crippen LogP contribution < -0.4 is 10.1 Å². The summed E-state index contributed by atoms with van der Waals surface area (Å²) in [7, 11) is 1.32. The highest BCUT2D eigenvalue weighted by Gasteiger charge is 2.23. The number of amides is 1. The highest BCUT2D eigenvalue weighted by atomic mass is 32.2. The van der Waals surface area contributed by atoms with E-state index in [1.165, 1.54) is 30.2 Å². The minimum absolute atomic E-state index is 0.0811. The average molecular weight is 535 g/mol. The van der Waals surface area contributed by atoms with Gasteiger partial charge in [-0.15, -0.1) is 28.1 Å². The predicted molar refractivity (Wildman–Crippen MR) is 147 cm³/mol. The van der Waals surface area contributed by atoms with Gasteiger partial charge in [-0.3, -0.25) is 9.36 Å². The lowest BCUT2D eigenvalue weighted by molar-refractivity contribution is -0.113. The van der Waals surface area contributed by atoms with E-state index < -0.39 is 5.97 Å². The van der Waals surface area contributed by atoms with Gasteiger partial charge >= 0.3 is 5.97 Å². The molecular weight excluding hydrogens is 508 g/mol. The highest BCUT2D eigenvalue weighted by molar-refractivity contribution is 7.99. The van der Waals surface area contributed by atoms with Crippen LogP contribution in [0.25, 0.3) is 22.5 Å². The molecule has 0 saturated carbocycles. The zero-order valence-electron chi connectivity index (χ0n) is 20.5. The summed E-state index contributed by atoms with van der Waals surface area (Å²) in [5.74, 6) is 0.756. The Hall–Kier alpha value is -3.89. The van der Waals surface area contributed by atoms with Gasteiger partial charge in [-0.05, 0) is 36.8 Å². The lowest BCUT2D eigenvalue weighted by Crippen LogP contribution is -2.16. The Kier molecular flexibility index (Phi) is 8.76. The molecule has 2 heterocycles. The van der Waals surface area contributed by atoms with E-state index in [9.17, 15) is 9.59 Å². The quantitative estimate of drug-likeness (QED) is 0.148. The number of thiophene rings is 1. The molecule has 1 N–H and O–H groups in total. The molecule has 0 atom stereocenters. The predicted octanol–water partition coefficient (Wildman–Crippen LogP) is 5.78. The first kappa shape index (κ1) is 26.2. The van der Waals surface area contributed by atoms with Gasteiger partial charge in [0.15, 0.2) is 11.0 Å². The van der Waals surface area contributed by atoms with Crippen LogP contribution in [0.15, 0.2) is 77.8 Å². The number of nitrogens with one attached hydrogen (secondary N) is 1. The maximum atomic E-state index is 12.9. The molecule has 4 rings (SSSR count). The maximum absolute atomic E-state index is 12.9.